The predicted octanol–water partition coefficient (Wildman–Crippen LogP) is 5.11. The average molecular weight is 390 g/mol. The molecule has 3 aromatic rings. The average Bonchev–Trinajstić information content (AvgIpc) is 2.69. The minimum Gasteiger partial charge on any atom is -0.309 e. The Labute approximate surface area is 156 Å². The summed E-state index contributed by atoms with van der Waals surface area (Å²) in [5, 5.41) is 0.469. The maximum absolute atomic E-state index is 13.7. The zero-order valence-electron chi connectivity index (χ0n) is 14.3. The molecule has 0 N–H and O–H groups in total. The normalized spacial score (nSPS) is 13.3. The topological polar surface area (TPSA) is 26.3 Å². The van der Waals surface area contributed by atoms with Crippen LogP contribution in [0.25, 0.3) is 0 Å². The molecular formula is C21H18F3O2P. The quantitative estimate of drug-likeness (QED) is 0.547. The molecule has 2 nitrogen and oxygen atoms in total. The molecule has 0 aliphatic rings. The SMILES string of the molecule is O=P(OC(Cc1ccccc1)C(F)(F)F)(c1ccccc1)c1ccccc1. The van der Waals surface area contributed by atoms with Crippen molar-refractivity contribution in [1.82, 2.24) is 0 Å². The second-order valence-electron chi connectivity index (χ2n) is 6.05. The van der Waals surface area contributed by atoms with Crippen molar-refractivity contribution < 1.29 is 22.3 Å². The van der Waals surface area contributed by atoms with Gasteiger partial charge in [-0.25, -0.2) is 0 Å². The van der Waals surface area contributed by atoms with Gasteiger partial charge in [-0.15, -0.1) is 0 Å². The van der Waals surface area contributed by atoms with Gasteiger partial charge >= 0.3 is 6.18 Å². The van der Waals surface area contributed by atoms with Crippen LogP contribution in [0, 0.1) is 0 Å². The molecule has 3 rings (SSSR count). The number of benzene rings is 3. The van der Waals surface area contributed by atoms with E-state index in [4.69, 9.17) is 4.52 Å². The summed E-state index contributed by atoms with van der Waals surface area (Å²) in [6.45, 7) is 0. The lowest BCUT2D eigenvalue weighted by molar-refractivity contribution is -0.193. The summed E-state index contributed by atoms with van der Waals surface area (Å²) in [6, 6.07) is 24.3. The van der Waals surface area contributed by atoms with E-state index in [-0.39, 0.29) is 10.6 Å². The standard InChI is InChI=1S/C21H18F3O2P/c22-21(23,24)20(16-17-10-4-1-5-11-17)26-27(25,18-12-6-2-7-13-18)19-14-8-3-9-15-19/h1-15,20H,16H2. The van der Waals surface area contributed by atoms with Gasteiger partial charge in [0.15, 0.2) is 6.10 Å². The van der Waals surface area contributed by atoms with E-state index < -0.39 is 26.1 Å². The highest BCUT2D eigenvalue weighted by Crippen LogP contribution is 2.48. The van der Waals surface area contributed by atoms with Crippen molar-refractivity contribution in [2.24, 2.45) is 0 Å². The largest absolute Gasteiger partial charge is 0.415 e. The van der Waals surface area contributed by atoms with Crippen LogP contribution < -0.4 is 10.6 Å². The molecule has 0 amide bonds. The van der Waals surface area contributed by atoms with Crippen molar-refractivity contribution in [1.29, 1.82) is 0 Å². The van der Waals surface area contributed by atoms with Crippen molar-refractivity contribution in [3.63, 3.8) is 0 Å². The van der Waals surface area contributed by atoms with E-state index in [1.54, 1.807) is 66.7 Å². The Kier molecular flexibility index (Phi) is 5.83. The smallest absolute Gasteiger partial charge is 0.309 e. The fourth-order valence-corrected chi connectivity index (χ4v) is 4.96. The van der Waals surface area contributed by atoms with E-state index in [9.17, 15) is 17.7 Å². The van der Waals surface area contributed by atoms with Crippen molar-refractivity contribution in [3.05, 3.63) is 96.6 Å². The molecule has 0 aliphatic heterocycles. The predicted molar refractivity (Wildman–Crippen MR) is 101 cm³/mol. The number of hydrogen-bond acceptors (Lipinski definition) is 2. The van der Waals surface area contributed by atoms with E-state index in [0.29, 0.717) is 5.56 Å². The zero-order valence-corrected chi connectivity index (χ0v) is 15.2. The summed E-state index contributed by atoms with van der Waals surface area (Å²) in [7, 11) is -3.93. The van der Waals surface area contributed by atoms with Crippen molar-refractivity contribution in [2.45, 2.75) is 18.7 Å². The molecule has 3 aromatic carbocycles. The van der Waals surface area contributed by atoms with E-state index in [0.717, 1.165) is 0 Å². The molecule has 0 fully saturated rings. The van der Waals surface area contributed by atoms with Gasteiger partial charge in [-0.2, -0.15) is 13.2 Å². The van der Waals surface area contributed by atoms with Gasteiger partial charge in [-0.1, -0.05) is 66.7 Å². The van der Waals surface area contributed by atoms with Gasteiger partial charge in [0.1, 0.15) is 0 Å². The molecule has 0 heterocycles. The van der Waals surface area contributed by atoms with Crippen molar-refractivity contribution in [3.8, 4) is 0 Å². The fraction of sp³-hybridized carbons (Fsp3) is 0.143. The Morgan fingerprint density at radius 1 is 0.741 bits per heavy atom. The fourth-order valence-electron chi connectivity index (χ4n) is 2.74. The van der Waals surface area contributed by atoms with E-state index in [2.05, 4.69) is 0 Å². The minimum atomic E-state index is -4.66. The van der Waals surface area contributed by atoms with Crippen LogP contribution in [-0.2, 0) is 15.5 Å². The first-order valence-corrected chi connectivity index (χ1v) is 10.0. The number of rotatable bonds is 6. The van der Waals surface area contributed by atoms with Gasteiger partial charge in [0.25, 0.3) is 7.37 Å². The zero-order chi connectivity index (χ0) is 19.3. The number of alkyl halides is 3. The van der Waals surface area contributed by atoms with Crippen LogP contribution in [0.2, 0.25) is 0 Å². The van der Waals surface area contributed by atoms with E-state index in [1.165, 1.54) is 24.3 Å². The summed E-state index contributed by atoms with van der Waals surface area (Å²) in [5.41, 5.74) is 0.465. The van der Waals surface area contributed by atoms with Gasteiger partial charge in [-0.3, -0.25) is 4.57 Å². The lowest BCUT2D eigenvalue weighted by Crippen LogP contribution is -2.35. The lowest BCUT2D eigenvalue weighted by Gasteiger charge is -2.27. The Hall–Kier alpha value is -2.36. The van der Waals surface area contributed by atoms with Crippen LogP contribution >= 0.6 is 7.37 Å². The van der Waals surface area contributed by atoms with E-state index >= 15 is 0 Å². The third-order valence-corrected chi connectivity index (χ3v) is 6.60. The summed E-state index contributed by atoms with van der Waals surface area (Å²) >= 11 is 0. The van der Waals surface area contributed by atoms with Crippen molar-refractivity contribution >= 4 is 18.0 Å². The van der Waals surface area contributed by atoms with Crippen LogP contribution in [0.5, 0.6) is 0 Å². The van der Waals surface area contributed by atoms with E-state index in [1.807, 2.05) is 0 Å². The first-order valence-electron chi connectivity index (χ1n) is 8.40. The molecule has 6 heteroatoms. The third kappa shape index (κ3) is 4.68. The van der Waals surface area contributed by atoms with Gasteiger partial charge < -0.3 is 4.52 Å². The Balaban J connectivity index is 2.02. The second kappa shape index (κ2) is 8.12. The first kappa shape index (κ1) is 19.4. The summed E-state index contributed by atoms with van der Waals surface area (Å²) < 4.78 is 60.3. The molecule has 0 bridgehead atoms. The van der Waals surface area contributed by atoms with Crippen LogP contribution in [0.1, 0.15) is 5.56 Å². The molecule has 1 unspecified atom stereocenters. The van der Waals surface area contributed by atoms with Crippen LogP contribution in [0.15, 0.2) is 91.0 Å². The second-order valence-corrected chi connectivity index (χ2v) is 8.39. The molecule has 0 aromatic heterocycles. The van der Waals surface area contributed by atoms with Gasteiger partial charge in [0, 0.05) is 17.0 Å². The molecule has 0 aliphatic carbocycles. The lowest BCUT2D eigenvalue weighted by atomic mass is 10.1. The molecular weight excluding hydrogens is 372 g/mol. The van der Waals surface area contributed by atoms with Crippen LogP contribution in [0.3, 0.4) is 0 Å². The molecule has 0 spiro atoms. The first-order chi connectivity index (χ1) is 12.9. The minimum absolute atomic E-state index is 0.235. The molecule has 0 saturated heterocycles. The number of halogens is 3. The Morgan fingerprint density at radius 2 is 1.15 bits per heavy atom. The van der Waals surface area contributed by atoms with Gasteiger partial charge in [0.05, 0.1) is 0 Å². The highest BCUT2D eigenvalue weighted by atomic mass is 31.2. The summed E-state index contributed by atoms with van der Waals surface area (Å²) in [4.78, 5) is 0. The van der Waals surface area contributed by atoms with Gasteiger partial charge in [0.2, 0.25) is 0 Å². The molecule has 1 atom stereocenters. The molecule has 27 heavy (non-hydrogen) atoms. The van der Waals surface area contributed by atoms with Crippen LogP contribution in [-0.4, -0.2) is 12.3 Å². The summed E-state index contributed by atoms with van der Waals surface area (Å²) in [5.74, 6) is 0. The maximum Gasteiger partial charge on any atom is 0.415 e. The van der Waals surface area contributed by atoms with Crippen molar-refractivity contribution in [2.75, 3.05) is 0 Å². The number of hydrogen-bond donors (Lipinski definition) is 0. The third-order valence-electron chi connectivity index (χ3n) is 4.10. The Morgan fingerprint density at radius 3 is 1.56 bits per heavy atom. The molecule has 0 saturated carbocycles. The summed E-state index contributed by atoms with van der Waals surface area (Å²) in [6.07, 6.45) is -7.26. The monoisotopic (exact) mass is 390 g/mol. The highest BCUT2D eigenvalue weighted by molar-refractivity contribution is 7.74. The Bertz CT molecular complexity index is 853. The maximum atomic E-state index is 13.7. The molecule has 140 valence electrons. The van der Waals surface area contributed by atoms with Crippen LogP contribution in [0.4, 0.5) is 13.2 Å². The van der Waals surface area contributed by atoms with Gasteiger partial charge in [-0.05, 0) is 29.8 Å². The molecule has 0 radical (unpaired) electrons. The highest BCUT2D eigenvalue weighted by Gasteiger charge is 2.45.